The molecule has 0 aliphatic rings. The predicted molar refractivity (Wildman–Crippen MR) is 128 cm³/mol. The summed E-state index contributed by atoms with van der Waals surface area (Å²) in [6.45, 7) is 0. The molecule has 1 atom stereocenters. The van der Waals surface area contributed by atoms with Gasteiger partial charge in [-0.2, -0.15) is 13.2 Å². The number of carbonyl (C=O) groups is 3. The fourth-order valence-corrected chi connectivity index (χ4v) is 3.49. The lowest BCUT2D eigenvalue weighted by Crippen LogP contribution is -2.30. The number of aliphatic imine (C=N–C) groups is 1. The van der Waals surface area contributed by atoms with Gasteiger partial charge in [0.15, 0.2) is 11.7 Å². The Morgan fingerprint density at radius 3 is 2.32 bits per heavy atom. The van der Waals surface area contributed by atoms with E-state index in [1.54, 1.807) is 0 Å². The number of amides is 1. The smallest absolute Gasteiger partial charge is 0.416 e. The van der Waals surface area contributed by atoms with Crippen LogP contribution in [0.3, 0.4) is 0 Å². The van der Waals surface area contributed by atoms with Gasteiger partial charge in [0.2, 0.25) is 5.91 Å². The Bertz CT molecular complexity index is 1180. The minimum atomic E-state index is -4.72. The number of phenolic OH excluding ortho intramolecular Hbond substituents is 1. The number of rotatable bonds is 12. The zero-order chi connectivity index (χ0) is 27.8. The number of alkyl halides is 3. The highest BCUT2D eigenvalue weighted by atomic mass is 19.4. The molecule has 0 aromatic heterocycles. The summed E-state index contributed by atoms with van der Waals surface area (Å²) >= 11 is 0. The van der Waals surface area contributed by atoms with Crippen LogP contribution in [0.15, 0.2) is 41.4 Å². The van der Waals surface area contributed by atoms with E-state index >= 15 is 0 Å². The van der Waals surface area contributed by atoms with Crippen LogP contribution >= 0.6 is 0 Å². The van der Waals surface area contributed by atoms with Crippen molar-refractivity contribution >= 4 is 29.3 Å². The topological polar surface area (TPSA) is 177 Å². The summed E-state index contributed by atoms with van der Waals surface area (Å²) in [6, 6.07) is 5.78. The van der Waals surface area contributed by atoms with Crippen molar-refractivity contribution in [3.63, 3.8) is 0 Å². The number of hydrogen-bond donors (Lipinski definition) is 5. The largest absolute Gasteiger partial charge is 0.507 e. The number of carboxylic acids is 1. The number of benzene rings is 2. The average Bonchev–Trinajstić information content (AvgIpc) is 2.79. The first-order chi connectivity index (χ1) is 17.3. The van der Waals surface area contributed by atoms with E-state index in [4.69, 9.17) is 16.2 Å². The minimum Gasteiger partial charge on any atom is -0.507 e. The maximum absolute atomic E-state index is 13.2. The third-order valence-corrected chi connectivity index (χ3v) is 5.21. The van der Waals surface area contributed by atoms with Crippen LogP contribution in [0.1, 0.15) is 59.6 Å². The van der Waals surface area contributed by atoms with E-state index in [0.29, 0.717) is 11.8 Å². The Morgan fingerprint density at radius 1 is 1.08 bits per heavy atom. The number of carboxylic acid groups (broad SMARTS) is 1. The van der Waals surface area contributed by atoms with Crippen molar-refractivity contribution in [1.29, 1.82) is 0 Å². The SMILES string of the molecule is COc1ccc(C(CC(=O)O)NC(=O)CCCCC(=O)c2cc(N=C(N)N)cc(C(F)(F)F)c2)c(O)c1. The number of ether oxygens (including phenoxy) is 1. The summed E-state index contributed by atoms with van der Waals surface area (Å²) in [5.74, 6) is -2.69. The molecule has 0 fully saturated rings. The number of nitrogens with two attached hydrogens (primary N) is 2. The normalized spacial score (nSPS) is 11.9. The molecule has 37 heavy (non-hydrogen) atoms. The van der Waals surface area contributed by atoms with E-state index in [2.05, 4.69) is 10.3 Å². The van der Waals surface area contributed by atoms with Gasteiger partial charge in [-0.25, -0.2) is 4.99 Å². The molecule has 0 aliphatic carbocycles. The standard InChI is InChI=1S/C24H27F3N4O6/c1-37-16-6-7-17(20(33)11-16)18(12-22(35)36)31-21(34)5-3-2-4-19(32)13-8-14(24(25,26)27)10-15(9-13)30-23(28)29/h6-11,18,33H,2-5,12H2,1H3,(H,31,34)(H,35,36)(H4,28,29,30). The number of phenols is 1. The number of aromatic hydroxyl groups is 1. The fourth-order valence-electron chi connectivity index (χ4n) is 3.49. The molecule has 1 amide bonds. The maximum Gasteiger partial charge on any atom is 0.416 e. The molecule has 0 radical (unpaired) electrons. The summed E-state index contributed by atoms with van der Waals surface area (Å²) in [5.41, 5.74) is 9.12. The van der Waals surface area contributed by atoms with Crippen LogP contribution in [0, 0.1) is 0 Å². The Hall–Kier alpha value is -4.29. The molecular weight excluding hydrogens is 497 g/mol. The monoisotopic (exact) mass is 524 g/mol. The first-order valence-electron chi connectivity index (χ1n) is 11.0. The molecule has 0 saturated carbocycles. The van der Waals surface area contributed by atoms with Crippen molar-refractivity contribution < 1.29 is 42.5 Å². The molecule has 13 heteroatoms. The summed E-state index contributed by atoms with van der Waals surface area (Å²) in [7, 11) is 1.39. The number of methoxy groups -OCH3 is 1. The van der Waals surface area contributed by atoms with Crippen LogP contribution in [0.2, 0.25) is 0 Å². The zero-order valence-corrected chi connectivity index (χ0v) is 19.8. The van der Waals surface area contributed by atoms with E-state index in [1.165, 1.54) is 25.3 Å². The summed E-state index contributed by atoms with van der Waals surface area (Å²) < 4.78 is 44.6. The van der Waals surface area contributed by atoms with Crippen LogP contribution in [-0.2, 0) is 15.8 Å². The Balaban J connectivity index is 2.00. The summed E-state index contributed by atoms with van der Waals surface area (Å²) in [5, 5.41) is 21.9. The highest BCUT2D eigenvalue weighted by Gasteiger charge is 2.32. The molecule has 2 aromatic carbocycles. The minimum absolute atomic E-state index is 0.0812. The van der Waals surface area contributed by atoms with Crippen LogP contribution in [0.5, 0.6) is 11.5 Å². The lowest BCUT2D eigenvalue weighted by Gasteiger charge is -2.19. The van der Waals surface area contributed by atoms with E-state index < -0.39 is 47.8 Å². The maximum atomic E-state index is 13.2. The predicted octanol–water partition coefficient (Wildman–Crippen LogP) is 3.40. The first-order valence-corrected chi connectivity index (χ1v) is 11.0. The van der Waals surface area contributed by atoms with Crippen molar-refractivity contribution in [2.75, 3.05) is 7.11 Å². The Labute approximate surface area is 210 Å². The van der Waals surface area contributed by atoms with Crippen molar-refractivity contribution in [2.45, 2.75) is 44.3 Å². The van der Waals surface area contributed by atoms with Crippen molar-refractivity contribution in [1.82, 2.24) is 5.32 Å². The quantitative estimate of drug-likeness (QED) is 0.121. The van der Waals surface area contributed by atoms with E-state index in [-0.39, 0.29) is 48.2 Å². The van der Waals surface area contributed by atoms with Crippen LogP contribution in [-0.4, -0.2) is 40.9 Å². The van der Waals surface area contributed by atoms with E-state index in [1.807, 2.05) is 0 Å². The lowest BCUT2D eigenvalue weighted by molar-refractivity contribution is -0.138. The van der Waals surface area contributed by atoms with Crippen molar-refractivity contribution in [3.8, 4) is 11.5 Å². The van der Waals surface area contributed by atoms with Gasteiger partial charge in [-0.3, -0.25) is 14.4 Å². The van der Waals surface area contributed by atoms with Gasteiger partial charge < -0.3 is 31.7 Å². The van der Waals surface area contributed by atoms with E-state index in [9.17, 15) is 37.8 Å². The molecule has 2 rings (SSSR count). The second-order valence-corrected chi connectivity index (χ2v) is 8.08. The van der Waals surface area contributed by atoms with Gasteiger partial charge in [-0.15, -0.1) is 0 Å². The molecule has 0 saturated heterocycles. The van der Waals surface area contributed by atoms with E-state index in [0.717, 1.165) is 12.1 Å². The lowest BCUT2D eigenvalue weighted by atomic mass is 10.0. The molecular formula is C24H27F3N4O6. The third-order valence-electron chi connectivity index (χ3n) is 5.21. The van der Waals surface area contributed by atoms with Crippen LogP contribution in [0.25, 0.3) is 0 Å². The van der Waals surface area contributed by atoms with Gasteiger partial charge in [-0.05, 0) is 43.2 Å². The number of unbranched alkanes of at least 4 members (excludes halogenated alkanes) is 1. The number of Topliss-reactive ketones (excluding diaryl/α,β-unsaturated/α-hetero) is 1. The van der Waals surface area contributed by atoms with Crippen molar-refractivity contribution in [2.24, 2.45) is 16.5 Å². The number of ketones is 1. The molecule has 0 aliphatic heterocycles. The molecule has 0 heterocycles. The van der Waals surface area contributed by atoms with Crippen LogP contribution in [0.4, 0.5) is 18.9 Å². The van der Waals surface area contributed by atoms with Gasteiger partial charge in [-0.1, -0.05) is 0 Å². The third kappa shape index (κ3) is 9.02. The molecule has 200 valence electrons. The summed E-state index contributed by atoms with van der Waals surface area (Å²) in [6.07, 6.45) is -5.05. The molecule has 7 N–H and O–H groups in total. The van der Waals surface area contributed by atoms with Gasteiger partial charge in [0.25, 0.3) is 0 Å². The number of nitrogens with zero attached hydrogens (tertiary/aromatic N) is 1. The van der Waals surface area contributed by atoms with Gasteiger partial charge in [0.1, 0.15) is 11.5 Å². The number of nitrogens with one attached hydrogen (secondary N) is 1. The second-order valence-electron chi connectivity index (χ2n) is 8.08. The number of halogens is 3. The number of hydrogen-bond acceptors (Lipinski definition) is 6. The Kier molecular flexibility index (Phi) is 9.86. The Morgan fingerprint density at radius 2 is 1.76 bits per heavy atom. The average molecular weight is 524 g/mol. The first kappa shape index (κ1) is 28.9. The number of guanidine groups is 1. The van der Waals surface area contributed by atoms with Gasteiger partial charge >= 0.3 is 12.1 Å². The highest BCUT2D eigenvalue weighted by molar-refractivity contribution is 5.97. The highest BCUT2D eigenvalue weighted by Crippen LogP contribution is 2.33. The van der Waals surface area contributed by atoms with Crippen molar-refractivity contribution in [3.05, 3.63) is 53.1 Å². The second kappa shape index (κ2) is 12.6. The molecule has 2 aromatic rings. The van der Waals surface area contributed by atoms with Crippen LogP contribution < -0.4 is 21.5 Å². The molecule has 0 bridgehead atoms. The van der Waals surface area contributed by atoms with Gasteiger partial charge in [0.05, 0.1) is 30.8 Å². The number of aliphatic carboxylic acids is 1. The molecule has 0 spiro atoms. The number of carbonyl (C=O) groups excluding carboxylic acids is 2. The molecule has 1 unspecified atom stereocenters. The summed E-state index contributed by atoms with van der Waals surface area (Å²) in [4.78, 5) is 39.7. The zero-order valence-electron chi connectivity index (χ0n) is 19.8. The molecule has 10 nitrogen and oxygen atoms in total. The fraction of sp³-hybridized carbons (Fsp3) is 0.333. The van der Waals surface area contributed by atoms with Gasteiger partial charge in [0, 0.05) is 30.0 Å².